The first-order valence-electron chi connectivity index (χ1n) is 12.3. The summed E-state index contributed by atoms with van der Waals surface area (Å²) in [5.74, 6) is -1.26. The third kappa shape index (κ3) is 6.51. The molecule has 0 saturated heterocycles. The molecule has 0 bridgehead atoms. The molecular weight excluding hydrogens is 452 g/mol. The maximum atomic E-state index is 12.8. The number of carboxylic acid groups (broad SMARTS) is 1. The van der Waals surface area contributed by atoms with Gasteiger partial charge in [-0.25, -0.2) is 9.59 Å². The second-order valence-electron chi connectivity index (χ2n) is 8.78. The predicted octanol–water partition coefficient (Wildman–Crippen LogP) is 6.67. The summed E-state index contributed by atoms with van der Waals surface area (Å²) in [4.78, 5) is 26.2. The lowest BCUT2D eigenvalue weighted by Crippen LogP contribution is -2.25. The highest BCUT2D eigenvalue weighted by Crippen LogP contribution is 2.26. The smallest absolute Gasteiger partial charge is 0.346 e. The van der Waals surface area contributed by atoms with Crippen LogP contribution in [-0.2, 0) is 4.79 Å². The van der Waals surface area contributed by atoms with Crippen LogP contribution in [0.15, 0.2) is 57.2 Å². The SMILES string of the molecule is CCCCN(CCCC)c1ccc2c(C)c(/C=C/c3ccc(/C=C(/C#N)C(=O)O)cc3)c(=O)oc2c1. The molecule has 0 aliphatic rings. The molecule has 1 aromatic heterocycles. The number of rotatable bonds is 11. The third-order valence-corrected chi connectivity index (χ3v) is 6.16. The Hall–Kier alpha value is -4.11. The normalized spacial score (nSPS) is 11.7. The van der Waals surface area contributed by atoms with Gasteiger partial charge in [-0.1, -0.05) is 57.0 Å². The number of benzene rings is 2. The second kappa shape index (κ2) is 12.6. The first-order valence-corrected chi connectivity index (χ1v) is 12.3. The Balaban J connectivity index is 1.88. The van der Waals surface area contributed by atoms with Gasteiger partial charge in [0.15, 0.2) is 0 Å². The van der Waals surface area contributed by atoms with Crippen LogP contribution in [-0.4, -0.2) is 24.2 Å². The van der Waals surface area contributed by atoms with Crippen molar-refractivity contribution < 1.29 is 14.3 Å². The number of fused-ring (bicyclic) bond motifs is 1. The van der Waals surface area contributed by atoms with Crippen LogP contribution in [0, 0.1) is 18.3 Å². The van der Waals surface area contributed by atoms with Gasteiger partial charge in [0.05, 0.1) is 5.56 Å². The van der Waals surface area contributed by atoms with Crippen LogP contribution < -0.4 is 10.5 Å². The largest absolute Gasteiger partial charge is 0.477 e. The van der Waals surface area contributed by atoms with E-state index in [1.54, 1.807) is 36.4 Å². The lowest BCUT2D eigenvalue weighted by Gasteiger charge is -2.25. The monoisotopic (exact) mass is 484 g/mol. The number of aryl methyl sites for hydroxylation is 1. The van der Waals surface area contributed by atoms with Gasteiger partial charge in [-0.05, 0) is 60.7 Å². The number of unbranched alkanes of at least 4 members (excludes halogenated alkanes) is 2. The summed E-state index contributed by atoms with van der Waals surface area (Å²) < 4.78 is 5.73. The third-order valence-electron chi connectivity index (χ3n) is 6.16. The molecule has 0 fully saturated rings. The quantitative estimate of drug-likeness (QED) is 0.186. The van der Waals surface area contributed by atoms with Crippen molar-refractivity contribution in [2.24, 2.45) is 0 Å². The van der Waals surface area contributed by atoms with E-state index in [0.29, 0.717) is 16.7 Å². The topological polar surface area (TPSA) is 94.5 Å². The molecule has 6 nitrogen and oxygen atoms in total. The molecule has 0 spiro atoms. The lowest BCUT2D eigenvalue weighted by molar-refractivity contribution is -0.132. The average molecular weight is 485 g/mol. The van der Waals surface area contributed by atoms with E-state index in [1.165, 1.54) is 6.08 Å². The van der Waals surface area contributed by atoms with E-state index in [4.69, 9.17) is 14.8 Å². The van der Waals surface area contributed by atoms with Crippen molar-refractivity contribution in [1.82, 2.24) is 0 Å². The molecule has 0 atom stereocenters. The Kier molecular flexibility index (Phi) is 9.24. The van der Waals surface area contributed by atoms with Gasteiger partial charge in [-0.2, -0.15) is 5.26 Å². The Labute approximate surface area is 211 Å². The van der Waals surface area contributed by atoms with E-state index in [0.717, 1.165) is 61.0 Å². The van der Waals surface area contributed by atoms with Gasteiger partial charge >= 0.3 is 11.6 Å². The molecule has 186 valence electrons. The first-order chi connectivity index (χ1) is 17.4. The van der Waals surface area contributed by atoms with Crippen molar-refractivity contribution >= 4 is 40.9 Å². The van der Waals surface area contributed by atoms with E-state index in [2.05, 4.69) is 24.8 Å². The average Bonchev–Trinajstić information content (AvgIpc) is 2.87. The summed E-state index contributed by atoms with van der Waals surface area (Å²) in [7, 11) is 0. The van der Waals surface area contributed by atoms with Crippen LogP contribution >= 0.6 is 0 Å². The van der Waals surface area contributed by atoms with Crippen molar-refractivity contribution in [3.05, 3.63) is 80.7 Å². The zero-order valence-corrected chi connectivity index (χ0v) is 21.1. The summed E-state index contributed by atoms with van der Waals surface area (Å²) >= 11 is 0. The molecule has 1 heterocycles. The molecule has 2 aromatic carbocycles. The number of hydrogen-bond donors (Lipinski definition) is 1. The maximum Gasteiger partial charge on any atom is 0.346 e. The molecule has 1 N–H and O–H groups in total. The summed E-state index contributed by atoms with van der Waals surface area (Å²) in [6.07, 6.45) is 9.36. The minimum absolute atomic E-state index is 0.329. The van der Waals surface area contributed by atoms with E-state index in [-0.39, 0.29) is 11.2 Å². The van der Waals surface area contributed by atoms with E-state index in [9.17, 15) is 9.59 Å². The van der Waals surface area contributed by atoms with Crippen LogP contribution in [0.3, 0.4) is 0 Å². The highest BCUT2D eigenvalue weighted by Gasteiger charge is 2.12. The molecule has 0 amide bonds. The predicted molar refractivity (Wildman–Crippen MR) is 146 cm³/mol. The van der Waals surface area contributed by atoms with Crippen LogP contribution in [0.5, 0.6) is 0 Å². The van der Waals surface area contributed by atoms with Crippen LogP contribution in [0.4, 0.5) is 5.69 Å². The van der Waals surface area contributed by atoms with Gasteiger partial charge in [-0.15, -0.1) is 0 Å². The van der Waals surface area contributed by atoms with Gasteiger partial charge in [0.2, 0.25) is 0 Å². The molecule has 0 unspecified atom stereocenters. The minimum Gasteiger partial charge on any atom is -0.477 e. The van der Waals surface area contributed by atoms with Crippen LogP contribution in [0.1, 0.15) is 61.8 Å². The summed E-state index contributed by atoms with van der Waals surface area (Å²) in [5.41, 5.74) is 3.74. The van der Waals surface area contributed by atoms with Gasteiger partial charge in [0.25, 0.3) is 0 Å². The highest BCUT2D eigenvalue weighted by molar-refractivity contribution is 5.96. The van der Waals surface area contributed by atoms with Crippen molar-refractivity contribution in [2.45, 2.75) is 46.5 Å². The van der Waals surface area contributed by atoms with Crippen LogP contribution in [0.2, 0.25) is 0 Å². The number of hydrogen-bond acceptors (Lipinski definition) is 5. The van der Waals surface area contributed by atoms with Gasteiger partial charge in [0.1, 0.15) is 17.2 Å². The number of carboxylic acids is 1. The van der Waals surface area contributed by atoms with Gasteiger partial charge in [0, 0.05) is 30.2 Å². The fourth-order valence-corrected chi connectivity index (χ4v) is 4.01. The number of carbonyl (C=O) groups is 1. The molecule has 6 heteroatoms. The Bertz CT molecular complexity index is 1370. The number of anilines is 1. The second-order valence-corrected chi connectivity index (χ2v) is 8.78. The maximum absolute atomic E-state index is 12.8. The molecule has 0 aliphatic carbocycles. The molecule has 3 rings (SSSR count). The van der Waals surface area contributed by atoms with E-state index in [1.807, 2.05) is 25.1 Å². The molecule has 0 saturated carbocycles. The lowest BCUT2D eigenvalue weighted by atomic mass is 10.0. The molecule has 3 aromatic rings. The number of aliphatic carboxylic acids is 1. The standard InChI is InChI=1S/C30H32N2O4/c1-4-6-16-32(17-7-5-2)25-13-15-26-21(3)27(30(35)36-28(26)19-25)14-12-22-8-10-23(11-9-22)18-24(20-31)29(33)34/h8-15,18-19H,4-7,16-17H2,1-3H3,(H,33,34)/b14-12+,24-18-. The van der Waals surface area contributed by atoms with Crippen molar-refractivity contribution in [2.75, 3.05) is 18.0 Å². The van der Waals surface area contributed by atoms with Gasteiger partial charge in [-0.3, -0.25) is 0 Å². The van der Waals surface area contributed by atoms with E-state index >= 15 is 0 Å². The van der Waals surface area contributed by atoms with Gasteiger partial charge < -0.3 is 14.4 Å². The first kappa shape index (κ1) is 26.5. The Morgan fingerprint density at radius 2 is 1.67 bits per heavy atom. The zero-order chi connectivity index (χ0) is 26.1. The highest BCUT2D eigenvalue weighted by atomic mass is 16.4. The number of nitrogens with zero attached hydrogens (tertiary/aromatic N) is 2. The Morgan fingerprint density at radius 3 is 2.25 bits per heavy atom. The van der Waals surface area contributed by atoms with E-state index < -0.39 is 5.97 Å². The van der Waals surface area contributed by atoms with Crippen molar-refractivity contribution in [3.8, 4) is 6.07 Å². The minimum atomic E-state index is -1.26. The molecule has 0 aliphatic heterocycles. The van der Waals surface area contributed by atoms with Crippen molar-refractivity contribution in [1.29, 1.82) is 5.26 Å². The fraction of sp³-hybridized carbons (Fsp3) is 0.300. The van der Waals surface area contributed by atoms with Crippen molar-refractivity contribution in [3.63, 3.8) is 0 Å². The summed E-state index contributed by atoms with van der Waals surface area (Å²) in [6, 6.07) is 14.8. The fourth-order valence-electron chi connectivity index (χ4n) is 4.01. The zero-order valence-electron chi connectivity index (χ0n) is 21.1. The number of nitriles is 1. The summed E-state index contributed by atoms with van der Waals surface area (Å²) in [5, 5.41) is 18.8. The molecule has 36 heavy (non-hydrogen) atoms. The molecular formula is C30H32N2O4. The van der Waals surface area contributed by atoms with Crippen LogP contribution in [0.25, 0.3) is 29.2 Å². The molecule has 0 radical (unpaired) electrons. The Morgan fingerprint density at radius 1 is 1.03 bits per heavy atom. The summed E-state index contributed by atoms with van der Waals surface area (Å²) in [6.45, 7) is 8.26.